The van der Waals surface area contributed by atoms with Crippen LogP contribution in [-0.2, 0) is 11.0 Å². The molecule has 2 fully saturated rings. The fourth-order valence-corrected chi connectivity index (χ4v) is 5.19. The number of thiocarbonyl (C=S) groups is 1. The third-order valence-corrected chi connectivity index (χ3v) is 7.02. The van der Waals surface area contributed by atoms with Gasteiger partial charge >= 0.3 is 6.18 Å². The molecule has 2 heterocycles. The van der Waals surface area contributed by atoms with E-state index in [2.05, 4.69) is 17.2 Å². The average Bonchev–Trinajstić information content (AvgIpc) is 3.05. The zero-order valence-corrected chi connectivity index (χ0v) is 21.6. The molecule has 2 saturated heterocycles. The maximum absolute atomic E-state index is 13.7. The first-order chi connectivity index (χ1) is 17.4. The number of benzene rings is 2. The van der Waals surface area contributed by atoms with E-state index < -0.39 is 23.2 Å². The fraction of sp³-hybridized carbons (Fsp3) is 0.346. The number of alkyl halides is 3. The van der Waals surface area contributed by atoms with E-state index in [-0.39, 0.29) is 22.4 Å². The summed E-state index contributed by atoms with van der Waals surface area (Å²) in [6, 6.07) is 8.70. The van der Waals surface area contributed by atoms with Crippen LogP contribution >= 0.6 is 12.2 Å². The van der Waals surface area contributed by atoms with E-state index in [4.69, 9.17) is 12.2 Å². The zero-order chi connectivity index (χ0) is 27.1. The minimum Gasteiger partial charge on any atom is -0.388 e. The van der Waals surface area contributed by atoms with Crippen molar-refractivity contribution in [2.45, 2.75) is 25.6 Å². The Hall–Kier alpha value is -3.44. The minimum absolute atomic E-state index is 0.0198. The smallest absolute Gasteiger partial charge is 0.388 e. The summed E-state index contributed by atoms with van der Waals surface area (Å²) in [6.07, 6.45) is -3.06. The lowest BCUT2D eigenvalue weighted by atomic mass is 10.00. The first-order valence-corrected chi connectivity index (χ1v) is 12.2. The van der Waals surface area contributed by atoms with E-state index in [1.165, 1.54) is 19.2 Å². The summed E-state index contributed by atoms with van der Waals surface area (Å²) in [5, 5.41) is 5.78. The summed E-state index contributed by atoms with van der Waals surface area (Å²) < 4.78 is 41.0. The van der Waals surface area contributed by atoms with Crippen molar-refractivity contribution in [1.29, 1.82) is 0 Å². The Morgan fingerprint density at radius 1 is 1.14 bits per heavy atom. The molecule has 2 aliphatic rings. The highest BCUT2D eigenvalue weighted by Crippen LogP contribution is 2.41. The number of carbonyl (C=O) groups excluding carboxylic acids is 2. The van der Waals surface area contributed by atoms with Crippen LogP contribution < -0.4 is 20.4 Å². The average molecular weight is 532 g/mol. The number of piperazine rings is 1. The number of hydrogen-bond acceptors (Lipinski definition) is 5. The summed E-state index contributed by atoms with van der Waals surface area (Å²) in [7, 11) is 1.40. The molecule has 2 aromatic carbocycles. The topological polar surface area (TPSA) is 67.9 Å². The minimum atomic E-state index is -4.63. The molecule has 2 aliphatic heterocycles. The van der Waals surface area contributed by atoms with Crippen molar-refractivity contribution in [3.63, 3.8) is 0 Å². The van der Waals surface area contributed by atoms with Gasteiger partial charge in [-0.15, -0.1) is 0 Å². The van der Waals surface area contributed by atoms with Crippen LogP contribution in [0.15, 0.2) is 43.0 Å². The van der Waals surface area contributed by atoms with Gasteiger partial charge in [0.15, 0.2) is 5.11 Å². The molecule has 2 N–H and O–H groups in total. The molecule has 37 heavy (non-hydrogen) atoms. The summed E-state index contributed by atoms with van der Waals surface area (Å²) in [6.45, 7) is 9.77. The molecule has 196 valence electrons. The third kappa shape index (κ3) is 4.69. The van der Waals surface area contributed by atoms with E-state index in [0.29, 0.717) is 43.0 Å². The maximum atomic E-state index is 13.7. The van der Waals surface area contributed by atoms with Crippen molar-refractivity contribution in [2.75, 3.05) is 48.3 Å². The lowest BCUT2D eigenvalue weighted by Crippen LogP contribution is -2.46. The van der Waals surface area contributed by atoms with Gasteiger partial charge in [0.2, 0.25) is 0 Å². The highest BCUT2D eigenvalue weighted by Gasteiger charge is 2.50. The fourth-order valence-electron chi connectivity index (χ4n) is 4.67. The van der Waals surface area contributed by atoms with E-state index in [0.717, 1.165) is 11.0 Å². The van der Waals surface area contributed by atoms with Crippen LogP contribution in [-0.4, -0.2) is 60.6 Å². The summed E-state index contributed by atoms with van der Waals surface area (Å²) in [4.78, 5) is 31.1. The highest BCUT2D eigenvalue weighted by molar-refractivity contribution is 7.81. The quantitative estimate of drug-likeness (QED) is 0.560. The Kier molecular flexibility index (Phi) is 7.04. The number of carbonyl (C=O) groups is 2. The molecule has 11 heteroatoms. The van der Waals surface area contributed by atoms with Crippen LogP contribution in [0.4, 0.5) is 30.2 Å². The molecule has 0 aromatic heterocycles. The summed E-state index contributed by atoms with van der Waals surface area (Å²) in [5.74, 6) is -0.586. The van der Waals surface area contributed by atoms with Crippen LogP contribution in [0.1, 0.15) is 35.3 Å². The first kappa shape index (κ1) is 26.6. The molecule has 0 aliphatic carbocycles. The van der Waals surface area contributed by atoms with Crippen LogP contribution in [0.25, 0.3) is 6.08 Å². The summed E-state index contributed by atoms with van der Waals surface area (Å²) in [5.41, 5.74) is -0.603. The Balaban J connectivity index is 1.72. The first-order valence-electron chi connectivity index (χ1n) is 11.8. The number of hydrogen-bond donors (Lipinski definition) is 2. The molecule has 2 aromatic rings. The van der Waals surface area contributed by atoms with E-state index in [1.807, 2.05) is 0 Å². The standard InChI is InChI=1S/C26H28F3N5O2S/c1-5-16-14-18(6-8-19(16)22(35)32-12-10-31-11-13-32)34-24(37)33(23(36)25(34,2)3)17-7-9-21(30-4)20(15-17)26(27,28)29/h5-9,14-15,30-31H,1,10-13H2,2-4H3. The predicted molar refractivity (Wildman–Crippen MR) is 143 cm³/mol. The Morgan fingerprint density at radius 2 is 1.78 bits per heavy atom. The molecular weight excluding hydrogens is 503 g/mol. The molecule has 0 saturated carbocycles. The molecule has 4 rings (SSSR count). The van der Waals surface area contributed by atoms with Crippen molar-refractivity contribution >= 4 is 52.3 Å². The SMILES string of the molecule is C=Cc1cc(N2C(=S)N(c3ccc(NC)c(C(F)(F)F)c3)C(=O)C2(C)C)ccc1C(=O)N1CCNCC1. The van der Waals surface area contributed by atoms with E-state index in [9.17, 15) is 22.8 Å². The molecule has 0 atom stereocenters. The molecule has 0 radical (unpaired) electrons. The molecule has 0 spiro atoms. The van der Waals surface area contributed by atoms with Gasteiger partial charge in [-0.2, -0.15) is 13.2 Å². The van der Waals surface area contributed by atoms with Gasteiger partial charge in [-0.3, -0.25) is 14.5 Å². The second kappa shape index (κ2) is 9.79. The van der Waals surface area contributed by atoms with Gasteiger partial charge in [0.05, 0.1) is 11.3 Å². The molecule has 2 amide bonds. The van der Waals surface area contributed by atoms with Crippen molar-refractivity contribution in [2.24, 2.45) is 0 Å². The van der Waals surface area contributed by atoms with Gasteiger partial charge in [-0.25, -0.2) is 0 Å². The monoisotopic (exact) mass is 531 g/mol. The van der Waals surface area contributed by atoms with Crippen molar-refractivity contribution < 1.29 is 22.8 Å². The second-order valence-corrected chi connectivity index (χ2v) is 9.68. The van der Waals surface area contributed by atoms with Crippen LogP contribution in [0.3, 0.4) is 0 Å². The van der Waals surface area contributed by atoms with Gasteiger partial charge in [0.25, 0.3) is 11.8 Å². The number of rotatable bonds is 5. The third-order valence-electron chi connectivity index (χ3n) is 6.65. The predicted octanol–water partition coefficient (Wildman–Crippen LogP) is 4.35. The zero-order valence-electron chi connectivity index (χ0n) is 20.8. The van der Waals surface area contributed by atoms with E-state index in [1.54, 1.807) is 47.9 Å². The largest absolute Gasteiger partial charge is 0.418 e. The highest BCUT2D eigenvalue weighted by atomic mass is 32.1. The van der Waals surface area contributed by atoms with Gasteiger partial charge in [-0.05, 0) is 68.0 Å². The Labute approximate surface area is 218 Å². The number of nitrogens with zero attached hydrogens (tertiary/aromatic N) is 3. The van der Waals surface area contributed by atoms with Gasteiger partial charge in [0.1, 0.15) is 5.54 Å². The number of anilines is 3. The van der Waals surface area contributed by atoms with Crippen LogP contribution in [0.2, 0.25) is 0 Å². The van der Waals surface area contributed by atoms with Gasteiger partial charge in [-0.1, -0.05) is 12.7 Å². The number of halogens is 3. The van der Waals surface area contributed by atoms with Crippen molar-refractivity contribution in [1.82, 2.24) is 10.2 Å². The Bertz CT molecular complexity index is 1270. The molecule has 0 bridgehead atoms. The lowest BCUT2D eigenvalue weighted by molar-refractivity contribution is -0.137. The molecular formula is C26H28F3N5O2S. The molecule has 7 nitrogen and oxygen atoms in total. The normalized spacial score (nSPS) is 17.8. The van der Waals surface area contributed by atoms with Crippen molar-refractivity contribution in [3.8, 4) is 0 Å². The van der Waals surface area contributed by atoms with Crippen LogP contribution in [0.5, 0.6) is 0 Å². The van der Waals surface area contributed by atoms with E-state index >= 15 is 0 Å². The van der Waals surface area contributed by atoms with Crippen molar-refractivity contribution in [3.05, 3.63) is 59.7 Å². The van der Waals surface area contributed by atoms with Gasteiger partial charge < -0.3 is 20.4 Å². The van der Waals surface area contributed by atoms with Crippen LogP contribution in [0, 0.1) is 0 Å². The number of nitrogens with one attached hydrogen (secondary N) is 2. The van der Waals surface area contributed by atoms with Gasteiger partial charge in [0, 0.05) is 50.2 Å². The number of amides is 2. The summed E-state index contributed by atoms with van der Waals surface area (Å²) >= 11 is 5.64. The lowest BCUT2D eigenvalue weighted by Gasteiger charge is -2.31. The maximum Gasteiger partial charge on any atom is 0.418 e. The Morgan fingerprint density at radius 3 is 2.38 bits per heavy atom. The second-order valence-electron chi connectivity index (χ2n) is 9.31. The molecule has 0 unspecified atom stereocenters.